The van der Waals surface area contributed by atoms with Gasteiger partial charge < -0.3 is 19.5 Å². The Balaban J connectivity index is 1.36. The largest absolute Gasteiger partial charge is 0.497 e. The number of methoxy groups -OCH3 is 1. The van der Waals surface area contributed by atoms with E-state index in [2.05, 4.69) is 15.5 Å². The van der Waals surface area contributed by atoms with E-state index in [1.54, 1.807) is 7.11 Å². The number of benzene rings is 1. The van der Waals surface area contributed by atoms with Gasteiger partial charge in [0.1, 0.15) is 22.6 Å². The first-order chi connectivity index (χ1) is 12.2. The van der Waals surface area contributed by atoms with Gasteiger partial charge in [-0.1, -0.05) is 11.3 Å². The summed E-state index contributed by atoms with van der Waals surface area (Å²) in [5.41, 5.74) is 0. The monoisotopic (exact) mass is 363 g/mol. The van der Waals surface area contributed by atoms with E-state index in [0.29, 0.717) is 24.6 Å². The topological polar surface area (TPSA) is 82.6 Å². The molecule has 1 aromatic heterocycles. The second-order valence-electron chi connectivity index (χ2n) is 5.62. The first kappa shape index (κ1) is 17.6. The Morgan fingerprint density at radius 1 is 1.32 bits per heavy atom. The molecule has 8 heteroatoms. The minimum atomic E-state index is -0.0895. The van der Waals surface area contributed by atoms with Crippen molar-refractivity contribution in [1.82, 2.24) is 10.2 Å². The predicted octanol–water partition coefficient (Wildman–Crippen LogP) is 3.20. The lowest BCUT2D eigenvalue weighted by Crippen LogP contribution is -2.12. The number of amides is 1. The van der Waals surface area contributed by atoms with E-state index < -0.39 is 0 Å². The van der Waals surface area contributed by atoms with E-state index in [4.69, 9.17) is 14.2 Å². The van der Waals surface area contributed by atoms with Crippen LogP contribution >= 0.6 is 11.3 Å². The molecule has 1 aromatic carbocycles. The lowest BCUT2D eigenvalue weighted by Gasteiger charge is -2.07. The summed E-state index contributed by atoms with van der Waals surface area (Å²) in [6.45, 7) is 1.23. The van der Waals surface area contributed by atoms with Crippen molar-refractivity contribution in [2.24, 2.45) is 0 Å². The molecule has 0 saturated carbocycles. The minimum Gasteiger partial charge on any atom is -0.497 e. The number of hydrogen-bond acceptors (Lipinski definition) is 7. The number of hydrogen-bond donors (Lipinski definition) is 1. The van der Waals surface area contributed by atoms with Gasteiger partial charge in [0.2, 0.25) is 11.0 Å². The third-order valence-electron chi connectivity index (χ3n) is 3.77. The summed E-state index contributed by atoms with van der Waals surface area (Å²) in [6, 6.07) is 7.35. The molecule has 2 aromatic rings. The normalized spacial score (nSPS) is 16.6. The third kappa shape index (κ3) is 5.14. The number of carbonyl (C=O) groups excluding carboxylic acids is 1. The number of nitrogens with one attached hydrogen (secondary N) is 1. The number of anilines is 1. The summed E-state index contributed by atoms with van der Waals surface area (Å²) in [5, 5.41) is 12.2. The van der Waals surface area contributed by atoms with E-state index in [9.17, 15) is 4.79 Å². The van der Waals surface area contributed by atoms with Crippen LogP contribution in [0.2, 0.25) is 0 Å². The Kier molecular flexibility index (Phi) is 6.19. The molecule has 1 fully saturated rings. The van der Waals surface area contributed by atoms with Crippen LogP contribution in [0.1, 0.15) is 36.8 Å². The van der Waals surface area contributed by atoms with Crippen LogP contribution in [0.5, 0.6) is 11.5 Å². The highest BCUT2D eigenvalue weighted by Crippen LogP contribution is 2.31. The van der Waals surface area contributed by atoms with Crippen LogP contribution in [-0.2, 0) is 9.53 Å². The molecule has 1 atom stereocenters. The second kappa shape index (κ2) is 8.77. The van der Waals surface area contributed by atoms with Gasteiger partial charge in [0, 0.05) is 13.0 Å². The molecule has 0 bridgehead atoms. The molecule has 1 N–H and O–H groups in total. The van der Waals surface area contributed by atoms with Crippen LogP contribution in [0.4, 0.5) is 5.13 Å². The molecule has 1 aliphatic heterocycles. The lowest BCUT2D eigenvalue weighted by atomic mass is 10.2. The van der Waals surface area contributed by atoms with Crippen molar-refractivity contribution in [3.8, 4) is 11.5 Å². The molecular weight excluding hydrogens is 342 g/mol. The van der Waals surface area contributed by atoms with Crippen molar-refractivity contribution in [3.63, 3.8) is 0 Å². The highest BCUT2D eigenvalue weighted by molar-refractivity contribution is 7.15. The zero-order valence-corrected chi connectivity index (χ0v) is 14.9. The van der Waals surface area contributed by atoms with E-state index in [0.717, 1.165) is 36.0 Å². The summed E-state index contributed by atoms with van der Waals surface area (Å²) >= 11 is 1.38. The van der Waals surface area contributed by atoms with Crippen LogP contribution in [0.15, 0.2) is 24.3 Å². The van der Waals surface area contributed by atoms with Crippen LogP contribution in [0.3, 0.4) is 0 Å². The predicted molar refractivity (Wildman–Crippen MR) is 94.2 cm³/mol. The standard InChI is InChI=1S/C17H21N3O4S/c1-22-12-6-8-13(9-7-12)23-10-3-5-15(21)18-17-20-19-16(25-17)14-4-2-11-24-14/h6-9,14H,2-5,10-11H2,1H3,(H,18,20,21)/t14-/m1/s1. The van der Waals surface area contributed by atoms with E-state index in [1.165, 1.54) is 11.3 Å². The summed E-state index contributed by atoms with van der Waals surface area (Å²) in [4.78, 5) is 12.0. The number of nitrogens with zero attached hydrogens (tertiary/aromatic N) is 2. The average molecular weight is 363 g/mol. The van der Waals surface area contributed by atoms with Crippen molar-refractivity contribution in [3.05, 3.63) is 29.3 Å². The molecule has 1 amide bonds. The SMILES string of the molecule is COc1ccc(OCCCC(=O)Nc2nnc([C@H]3CCCO3)s2)cc1. The molecule has 2 heterocycles. The van der Waals surface area contributed by atoms with Crippen molar-refractivity contribution >= 4 is 22.4 Å². The van der Waals surface area contributed by atoms with Gasteiger partial charge in [-0.05, 0) is 43.5 Å². The highest BCUT2D eigenvalue weighted by atomic mass is 32.1. The van der Waals surface area contributed by atoms with Gasteiger partial charge >= 0.3 is 0 Å². The lowest BCUT2D eigenvalue weighted by molar-refractivity contribution is -0.116. The highest BCUT2D eigenvalue weighted by Gasteiger charge is 2.22. The minimum absolute atomic E-state index is 0.0287. The van der Waals surface area contributed by atoms with Crippen LogP contribution < -0.4 is 14.8 Å². The fourth-order valence-electron chi connectivity index (χ4n) is 2.46. The molecule has 1 saturated heterocycles. The summed E-state index contributed by atoms with van der Waals surface area (Å²) < 4.78 is 16.3. The zero-order chi connectivity index (χ0) is 17.5. The Hall–Kier alpha value is -2.19. The molecule has 0 radical (unpaired) electrons. The quantitative estimate of drug-likeness (QED) is 0.725. The number of rotatable bonds is 8. The van der Waals surface area contributed by atoms with Gasteiger partial charge in [-0.3, -0.25) is 4.79 Å². The fraction of sp³-hybridized carbons (Fsp3) is 0.471. The molecule has 3 rings (SSSR count). The first-order valence-corrected chi connectivity index (χ1v) is 9.08. The molecule has 0 spiro atoms. The number of ether oxygens (including phenoxy) is 3. The average Bonchev–Trinajstić information content (AvgIpc) is 3.31. The van der Waals surface area contributed by atoms with Gasteiger partial charge in [-0.2, -0.15) is 0 Å². The Bertz CT molecular complexity index is 683. The van der Waals surface area contributed by atoms with E-state index in [1.807, 2.05) is 24.3 Å². The molecular formula is C17H21N3O4S. The Labute approximate surface area is 150 Å². The Morgan fingerprint density at radius 2 is 2.12 bits per heavy atom. The third-order valence-corrected chi connectivity index (χ3v) is 4.70. The van der Waals surface area contributed by atoms with Crippen LogP contribution in [0.25, 0.3) is 0 Å². The second-order valence-corrected chi connectivity index (χ2v) is 6.63. The molecule has 25 heavy (non-hydrogen) atoms. The molecule has 1 aliphatic rings. The first-order valence-electron chi connectivity index (χ1n) is 8.26. The van der Waals surface area contributed by atoms with E-state index in [-0.39, 0.29) is 12.0 Å². The molecule has 0 aliphatic carbocycles. The van der Waals surface area contributed by atoms with Gasteiger partial charge in [-0.15, -0.1) is 10.2 Å². The van der Waals surface area contributed by atoms with Gasteiger partial charge in [0.25, 0.3) is 0 Å². The summed E-state index contributed by atoms with van der Waals surface area (Å²) in [7, 11) is 1.62. The van der Waals surface area contributed by atoms with Crippen LogP contribution in [-0.4, -0.2) is 36.4 Å². The van der Waals surface area contributed by atoms with Crippen LogP contribution in [0, 0.1) is 0 Å². The maximum atomic E-state index is 12.0. The van der Waals surface area contributed by atoms with Crippen molar-refractivity contribution in [2.75, 3.05) is 25.6 Å². The maximum absolute atomic E-state index is 12.0. The fourth-order valence-corrected chi connectivity index (χ4v) is 3.31. The molecule has 0 unspecified atom stereocenters. The Morgan fingerprint density at radius 3 is 2.84 bits per heavy atom. The van der Waals surface area contributed by atoms with Gasteiger partial charge in [0.05, 0.1) is 13.7 Å². The summed E-state index contributed by atoms with van der Waals surface area (Å²) in [5.74, 6) is 1.45. The van der Waals surface area contributed by atoms with Crippen molar-refractivity contribution in [2.45, 2.75) is 31.8 Å². The smallest absolute Gasteiger partial charge is 0.226 e. The van der Waals surface area contributed by atoms with Crippen molar-refractivity contribution in [1.29, 1.82) is 0 Å². The van der Waals surface area contributed by atoms with Gasteiger partial charge in [0.15, 0.2) is 0 Å². The number of aromatic nitrogens is 2. The van der Waals surface area contributed by atoms with Crippen molar-refractivity contribution < 1.29 is 19.0 Å². The summed E-state index contributed by atoms with van der Waals surface area (Å²) in [6.07, 6.45) is 3.02. The molecule has 134 valence electrons. The maximum Gasteiger partial charge on any atom is 0.226 e. The van der Waals surface area contributed by atoms with E-state index >= 15 is 0 Å². The van der Waals surface area contributed by atoms with Gasteiger partial charge in [-0.25, -0.2) is 0 Å². The number of carbonyl (C=O) groups is 1. The molecule has 7 nitrogen and oxygen atoms in total. The zero-order valence-electron chi connectivity index (χ0n) is 14.1.